The molecule has 5 heteroatoms. The minimum Gasteiger partial charge on any atom is -0.594 e. The number of rotatable bonds is 2. The third kappa shape index (κ3) is 2.38. The van der Waals surface area contributed by atoms with E-state index in [1.807, 2.05) is 0 Å². The van der Waals surface area contributed by atoms with Crippen LogP contribution in [0.4, 0.5) is 0 Å². The molecule has 12 heavy (non-hydrogen) atoms. The van der Waals surface area contributed by atoms with Crippen molar-refractivity contribution in [2.24, 2.45) is 0 Å². The third-order valence-corrected chi connectivity index (χ3v) is 2.62. The van der Waals surface area contributed by atoms with Crippen LogP contribution in [0.5, 0.6) is 0 Å². The molecule has 0 N–H and O–H groups in total. The molecule has 64 valence electrons. The van der Waals surface area contributed by atoms with Crippen molar-refractivity contribution in [2.75, 3.05) is 0 Å². The average Bonchev–Trinajstić information content (AvgIpc) is 2.04. The zero-order valence-electron chi connectivity index (χ0n) is 5.79. The molecule has 1 atom stereocenters. The van der Waals surface area contributed by atoms with E-state index in [1.54, 1.807) is 12.1 Å². The van der Waals surface area contributed by atoms with Crippen LogP contribution in [0.3, 0.4) is 0 Å². The molecule has 0 amide bonds. The smallest absolute Gasteiger partial charge is 0.252 e. The summed E-state index contributed by atoms with van der Waals surface area (Å²) in [5.74, 6) is 0. The Morgan fingerprint density at radius 3 is 2.67 bits per heavy atom. The first kappa shape index (κ1) is 9.86. The number of benzene rings is 1. The van der Waals surface area contributed by atoms with E-state index in [0.717, 1.165) is 0 Å². The van der Waals surface area contributed by atoms with Crippen LogP contribution in [0, 0.1) is 0 Å². The van der Waals surface area contributed by atoms with Crippen molar-refractivity contribution in [3.63, 3.8) is 0 Å². The van der Waals surface area contributed by atoms with Gasteiger partial charge in [0.25, 0.3) is 5.24 Å². The molecule has 0 aromatic heterocycles. The Bertz CT molecular complexity index is 301. The van der Waals surface area contributed by atoms with Crippen LogP contribution in [0.1, 0.15) is 10.4 Å². The number of halogens is 2. The summed E-state index contributed by atoms with van der Waals surface area (Å²) in [6.45, 7) is 0. The Kier molecular flexibility index (Phi) is 3.40. The van der Waals surface area contributed by atoms with Crippen molar-refractivity contribution in [3.8, 4) is 0 Å². The van der Waals surface area contributed by atoms with Crippen molar-refractivity contribution >= 4 is 37.9 Å². The molecule has 0 fully saturated rings. The molecule has 0 aliphatic carbocycles. The lowest BCUT2D eigenvalue weighted by molar-refractivity contribution is 0.108. The van der Waals surface area contributed by atoms with Gasteiger partial charge in [-0.15, -0.1) is 0 Å². The van der Waals surface area contributed by atoms with Gasteiger partial charge in [0.1, 0.15) is 10.4 Å². The second-order valence-electron chi connectivity index (χ2n) is 2.03. The molecule has 0 aliphatic heterocycles. The van der Waals surface area contributed by atoms with Gasteiger partial charge >= 0.3 is 0 Å². The van der Waals surface area contributed by atoms with Crippen LogP contribution in [-0.4, -0.2) is 9.80 Å². The van der Waals surface area contributed by atoms with E-state index in [9.17, 15) is 9.35 Å². The Labute approximate surface area is 82.2 Å². The van der Waals surface area contributed by atoms with E-state index in [1.165, 1.54) is 12.1 Å². The molecule has 0 saturated carbocycles. The maximum absolute atomic E-state index is 10.7. The number of carbonyl (C=O) groups excluding carboxylic acids is 1. The first-order valence-electron chi connectivity index (χ1n) is 2.99. The van der Waals surface area contributed by atoms with Gasteiger partial charge in [0, 0.05) is 11.6 Å². The third-order valence-electron chi connectivity index (χ3n) is 1.25. The van der Waals surface area contributed by atoms with Gasteiger partial charge in [-0.25, -0.2) is 0 Å². The minimum atomic E-state index is -1.59. The maximum Gasteiger partial charge on any atom is 0.252 e. The highest BCUT2D eigenvalue weighted by molar-refractivity contribution is 8.13. The fraction of sp³-hybridized carbons (Fsp3) is 0. The molecule has 2 nitrogen and oxygen atoms in total. The average molecular weight is 223 g/mol. The molecule has 0 aliphatic rings. The second kappa shape index (κ2) is 4.14. The first-order valence-corrected chi connectivity index (χ1v) is 5.34. The molecule has 0 saturated heterocycles. The number of carbonyl (C=O) groups is 1. The van der Waals surface area contributed by atoms with Crippen LogP contribution in [0.2, 0.25) is 0 Å². The van der Waals surface area contributed by atoms with Gasteiger partial charge in [-0.05, 0) is 23.7 Å². The molecule has 0 bridgehead atoms. The highest BCUT2D eigenvalue weighted by Gasteiger charge is 2.10. The van der Waals surface area contributed by atoms with Crippen LogP contribution in [0.25, 0.3) is 0 Å². The summed E-state index contributed by atoms with van der Waals surface area (Å²) in [4.78, 5) is 11.0. The van der Waals surface area contributed by atoms with Crippen molar-refractivity contribution in [1.29, 1.82) is 0 Å². The highest BCUT2D eigenvalue weighted by atomic mass is 35.7. The lowest BCUT2D eigenvalue weighted by atomic mass is 10.2. The highest BCUT2D eigenvalue weighted by Crippen LogP contribution is 2.16. The van der Waals surface area contributed by atoms with Gasteiger partial charge in [-0.2, -0.15) is 0 Å². The predicted octanol–water partition coefficient (Wildman–Crippen LogP) is 2.33. The van der Waals surface area contributed by atoms with Crippen LogP contribution in [0.15, 0.2) is 29.2 Å². The van der Waals surface area contributed by atoms with E-state index < -0.39 is 15.6 Å². The zero-order chi connectivity index (χ0) is 9.14. The summed E-state index contributed by atoms with van der Waals surface area (Å²) in [7, 11) is 3.70. The molecular formula is C7H4Cl2O2S. The quantitative estimate of drug-likeness (QED) is 0.570. The Morgan fingerprint density at radius 1 is 1.50 bits per heavy atom. The largest absolute Gasteiger partial charge is 0.594 e. The van der Waals surface area contributed by atoms with E-state index in [0.29, 0.717) is 10.5 Å². The fourth-order valence-electron chi connectivity index (χ4n) is 0.718. The topological polar surface area (TPSA) is 40.1 Å². The molecule has 1 aromatic rings. The second-order valence-corrected chi connectivity index (χ2v) is 4.13. The lowest BCUT2D eigenvalue weighted by Crippen LogP contribution is -1.94. The van der Waals surface area contributed by atoms with Crippen LogP contribution >= 0.6 is 22.3 Å². The van der Waals surface area contributed by atoms with E-state index in [4.69, 9.17) is 22.3 Å². The summed E-state index contributed by atoms with van der Waals surface area (Å²) in [6, 6.07) is 6.07. The van der Waals surface area contributed by atoms with Crippen molar-refractivity contribution in [1.82, 2.24) is 0 Å². The summed E-state index contributed by atoms with van der Waals surface area (Å²) < 4.78 is 10.7. The Morgan fingerprint density at radius 2 is 2.17 bits per heavy atom. The number of hydrogen-bond donors (Lipinski definition) is 0. The minimum absolute atomic E-state index is 0.295. The van der Waals surface area contributed by atoms with Crippen molar-refractivity contribution in [2.45, 2.75) is 4.90 Å². The molecule has 0 spiro atoms. The lowest BCUT2D eigenvalue weighted by Gasteiger charge is -1.99. The van der Waals surface area contributed by atoms with Crippen molar-refractivity contribution < 1.29 is 9.35 Å². The van der Waals surface area contributed by atoms with Crippen LogP contribution in [-0.2, 0) is 10.4 Å². The summed E-state index contributed by atoms with van der Waals surface area (Å²) in [6.07, 6.45) is 0. The van der Waals surface area contributed by atoms with E-state index >= 15 is 0 Å². The molecule has 0 heterocycles. The van der Waals surface area contributed by atoms with Gasteiger partial charge in [-0.1, -0.05) is 6.07 Å². The Balaban J connectivity index is 3.04. The standard InChI is InChI=1S/C7H4Cl2O2S/c8-7(10)5-2-1-3-6(4-5)12(9)11/h1-4H. The van der Waals surface area contributed by atoms with Gasteiger partial charge < -0.3 is 4.55 Å². The summed E-state index contributed by atoms with van der Waals surface area (Å²) >= 11 is 5.20. The molecular weight excluding hydrogens is 219 g/mol. The molecule has 1 unspecified atom stereocenters. The maximum atomic E-state index is 10.7. The van der Waals surface area contributed by atoms with Gasteiger partial charge in [0.05, 0.1) is 0 Å². The van der Waals surface area contributed by atoms with E-state index in [-0.39, 0.29) is 0 Å². The summed E-state index contributed by atoms with van der Waals surface area (Å²) in [5.41, 5.74) is 0.295. The molecule has 1 rings (SSSR count). The van der Waals surface area contributed by atoms with Crippen LogP contribution < -0.4 is 0 Å². The molecule has 1 aromatic carbocycles. The zero-order valence-corrected chi connectivity index (χ0v) is 8.12. The normalized spacial score (nSPS) is 12.6. The van der Waals surface area contributed by atoms with Crippen molar-refractivity contribution in [3.05, 3.63) is 29.8 Å². The van der Waals surface area contributed by atoms with Gasteiger partial charge in [0.15, 0.2) is 15.6 Å². The van der Waals surface area contributed by atoms with Gasteiger partial charge in [0.2, 0.25) is 0 Å². The SMILES string of the molecule is O=C(Cl)c1cccc([S+]([O-])Cl)c1. The Hall–Kier alpha value is -0.220. The summed E-state index contributed by atoms with van der Waals surface area (Å²) in [5, 5.41) is -0.584. The van der Waals surface area contributed by atoms with Gasteiger partial charge in [-0.3, -0.25) is 4.79 Å². The van der Waals surface area contributed by atoms with E-state index in [2.05, 4.69) is 0 Å². The first-order chi connectivity index (χ1) is 5.61. The predicted molar refractivity (Wildman–Crippen MR) is 48.9 cm³/mol. The molecule has 0 radical (unpaired) electrons. The fourth-order valence-corrected chi connectivity index (χ4v) is 1.53. The number of hydrogen-bond acceptors (Lipinski definition) is 2. The monoisotopic (exact) mass is 222 g/mol.